The number of carbonyl (C=O) groups is 1. The van der Waals surface area contributed by atoms with Gasteiger partial charge < -0.3 is 4.90 Å². The van der Waals surface area contributed by atoms with Gasteiger partial charge in [-0.1, -0.05) is 13.8 Å². The van der Waals surface area contributed by atoms with Crippen LogP contribution in [-0.4, -0.2) is 32.8 Å². The molecule has 0 spiro atoms. The van der Waals surface area contributed by atoms with Crippen LogP contribution in [0.25, 0.3) is 0 Å². The number of hydrogen-bond acceptors (Lipinski definition) is 5. The maximum atomic E-state index is 12.2. The van der Waals surface area contributed by atoms with Crippen molar-refractivity contribution in [2.75, 3.05) is 7.05 Å². The molecule has 0 unspecified atom stereocenters. The number of thiazole rings is 1. The third kappa shape index (κ3) is 3.39. The molecule has 2 aromatic rings. The maximum Gasteiger partial charge on any atom is 0.265 e. The molecule has 0 saturated heterocycles. The fraction of sp³-hybridized carbons (Fsp3) is 0.429. The Kier molecular flexibility index (Phi) is 4.44. The number of aryl methyl sites for hydroxylation is 1. The highest BCUT2D eigenvalue weighted by Crippen LogP contribution is 2.15. The number of aromatic nitrogens is 3. The summed E-state index contributed by atoms with van der Waals surface area (Å²) >= 11 is 1.41. The van der Waals surface area contributed by atoms with Crippen LogP contribution in [0, 0.1) is 6.92 Å². The molecule has 0 aliphatic rings. The van der Waals surface area contributed by atoms with Crippen LogP contribution < -0.4 is 0 Å². The van der Waals surface area contributed by atoms with Crippen molar-refractivity contribution in [1.82, 2.24) is 19.9 Å². The molecule has 6 heteroatoms. The van der Waals surface area contributed by atoms with Crippen LogP contribution >= 0.6 is 11.3 Å². The van der Waals surface area contributed by atoms with Crippen LogP contribution in [0.3, 0.4) is 0 Å². The fourth-order valence-electron chi connectivity index (χ4n) is 1.74. The highest BCUT2D eigenvalue weighted by molar-refractivity contribution is 7.13. The standard InChI is InChI=1S/C14H18N4OS/c1-9(2)13-16-5-11(6-17-13)8-18(4)14(19)12-7-15-10(3)20-12/h5-7,9H,8H2,1-4H3. The molecule has 0 fully saturated rings. The summed E-state index contributed by atoms with van der Waals surface area (Å²) < 4.78 is 0. The van der Waals surface area contributed by atoms with Crippen LogP contribution in [-0.2, 0) is 6.54 Å². The fourth-order valence-corrected chi connectivity index (χ4v) is 2.51. The number of carbonyl (C=O) groups excluding carboxylic acids is 1. The minimum absolute atomic E-state index is 0.0245. The Hall–Kier alpha value is -1.82. The predicted molar refractivity (Wildman–Crippen MR) is 78.8 cm³/mol. The van der Waals surface area contributed by atoms with Crippen LogP contribution in [0.15, 0.2) is 18.6 Å². The van der Waals surface area contributed by atoms with Crippen molar-refractivity contribution in [1.29, 1.82) is 0 Å². The van der Waals surface area contributed by atoms with Crippen molar-refractivity contribution in [3.05, 3.63) is 39.9 Å². The van der Waals surface area contributed by atoms with E-state index in [9.17, 15) is 4.79 Å². The quantitative estimate of drug-likeness (QED) is 0.868. The highest BCUT2D eigenvalue weighted by atomic mass is 32.1. The monoisotopic (exact) mass is 290 g/mol. The average molecular weight is 290 g/mol. The second kappa shape index (κ2) is 6.09. The highest BCUT2D eigenvalue weighted by Gasteiger charge is 2.15. The summed E-state index contributed by atoms with van der Waals surface area (Å²) in [6.45, 7) is 6.49. The lowest BCUT2D eigenvalue weighted by molar-refractivity contribution is 0.0789. The summed E-state index contributed by atoms with van der Waals surface area (Å²) in [7, 11) is 1.77. The van der Waals surface area contributed by atoms with Gasteiger partial charge in [-0.2, -0.15) is 0 Å². The van der Waals surface area contributed by atoms with Crippen molar-refractivity contribution in [3.8, 4) is 0 Å². The van der Waals surface area contributed by atoms with Gasteiger partial charge in [0.1, 0.15) is 10.7 Å². The summed E-state index contributed by atoms with van der Waals surface area (Å²) in [6, 6.07) is 0. The molecule has 0 aliphatic carbocycles. The smallest absolute Gasteiger partial charge is 0.265 e. The van der Waals surface area contributed by atoms with Gasteiger partial charge in [0.2, 0.25) is 0 Å². The maximum absolute atomic E-state index is 12.2. The van der Waals surface area contributed by atoms with Gasteiger partial charge in [0.25, 0.3) is 5.91 Å². The van der Waals surface area contributed by atoms with Crippen LogP contribution in [0.1, 0.15) is 45.8 Å². The third-order valence-electron chi connectivity index (χ3n) is 2.84. The number of amides is 1. The topological polar surface area (TPSA) is 59.0 Å². The van der Waals surface area contributed by atoms with Gasteiger partial charge >= 0.3 is 0 Å². The molecule has 2 aromatic heterocycles. The van der Waals surface area contributed by atoms with Crippen LogP contribution in [0.2, 0.25) is 0 Å². The number of rotatable bonds is 4. The molecule has 2 heterocycles. The van der Waals surface area contributed by atoms with Gasteiger partial charge in [0, 0.05) is 37.5 Å². The number of hydrogen-bond donors (Lipinski definition) is 0. The first-order chi connectivity index (χ1) is 9.47. The van der Waals surface area contributed by atoms with E-state index in [0.29, 0.717) is 17.3 Å². The van der Waals surface area contributed by atoms with Crippen LogP contribution in [0.4, 0.5) is 0 Å². The summed E-state index contributed by atoms with van der Waals surface area (Å²) in [5, 5.41) is 0.895. The lowest BCUT2D eigenvalue weighted by atomic mass is 10.2. The molecule has 0 N–H and O–H groups in total. The first-order valence-corrected chi connectivity index (χ1v) is 7.27. The van der Waals surface area contributed by atoms with Crippen molar-refractivity contribution in [2.24, 2.45) is 0 Å². The second-order valence-corrected chi connectivity index (χ2v) is 6.24. The molecule has 0 saturated carbocycles. The van der Waals surface area contributed by atoms with Gasteiger partial charge in [-0.3, -0.25) is 4.79 Å². The molecule has 1 amide bonds. The van der Waals surface area contributed by atoms with Gasteiger partial charge in [0.15, 0.2) is 0 Å². The first-order valence-electron chi connectivity index (χ1n) is 6.46. The molecule has 0 aromatic carbocycles. The Morgan fingerprint density at radius 3 is 2.40 bits per heavy atom. The zero-order chi connectivity index (χ0) is 14.7. The zero-order valence-electron chi connectivity index (χ0n) is 12.1. The normalized spacial score (nSPS) is 10.8. The molecule has 2 rings (SSSR count). The Morgan fingerprint density at radius 1 is 1.25 bits per heavy atom. The van der Waals surface area contributed by atoms with Crippen molar-refractivity contribution >= 4 is 17.2 Å². The SMILES string of the molecule is Cc1ncc(C(=O)N(C)Cc2cnc(C(C)C)nc2)s1. The van der Waals surface area contributed by atoms with E-state index in [1.807, 2.05) is 6.92 Å². The molecule has 0 radical (unpaired) electrons. The van der Waals surface area contributed by atoms with E-state index in [4.69, 9.17) is 0 Å². The Bertz CT molecular complexity index is 591. The molecule has 5 nitrogen and oxygen atoms in total. The molecule has 106 valence electrons. The van der Waals surface area contributed by atoms with Crippen molar-refractivity contribution in [2.45, 2.75) is 33.2 Å². The Balaban J connectivity index is 2.03. The molecule has 0 aliphatic heterocycles. The minimum Gasteiger partial charge on any atom is -0.337 e. The van der Waals surface area contributed by atoms with Gasteiger partial charge in [-0.05, 0) is 6.92 Å². The zero-order valence-corrected chi connectivity index (χ0v) is 12.9. The summed E-state index contributed by atoms with van der Waals surface area (Å²) in [5.41, 5.74) is 0.923. The predicted octanol–water partition coefficient (Wildman–Crippen LogP) is 2.64. The third-order valence-corrected chi connectivity index (χ3v) is 3.74. The van der Waals surface area contributed by atoms with E-state index in [0.717, 1.165) is 16.4 Å². The molecule has 20 heavy (non-hydrogen) atoms. The largest absolute Gasteiger partial charge is 0.337 e. The first kappa shape index (κ1) is 14.6. The Labute approximate surface area is 122 Å². The van der Waals surface area contributed by atoms with Crippen LogP contribution in [0.5, 0.6) is 0 Å². The summed E-state index contributed by atoms with van der Waals surface area (Å²) in [6.07, 6.45) is 5.19. The summed E-state index contributed by atoms with van der Waals surface area (Å²) in [4.78, 5) is 27.2. The van der Waals surface area contributed by atoms with E-state index < -0.39 is 0 Å². The minimum atomic E-state index is -0.0245. The van der Waals surface area contributed by atoms with E-state index >= 15 is 0 Å². The van der Waals surface area contributed by atoms with Gasteiger partial charge in [-0.25, -0.2) is 15.0 Å². The summed E-state index contributed by atoms with van der Waals surface area (Å²) in [5.74, 6) is 1.10. The molecular formula is C14H18N4OS. The van der Waals surface area contributed by atoms with E-state index in [1.54, 1.807) is 30.5 Å². The molecule has 0 atom stereocenters. The molecule has 0 bridgehead atoms. The van der Waals surface area contributed by atoms with Crippen molar-refractivity contribution < 1.29 is 4.79 Å². The Morgan fingerprint density at radius 2 is 1.90 bits per heavy atom. The van der Waals surface area contributed by atoms with Crippen molar-refractivity contribution in [3.63, 3.8) is 0 Å². The van der Waals surface area contributed by atoms with Gasteiger partial charge in [0.05, 0.1) is 11.2 Å². The van der Waals surface area contributed by atoms with E-state index in [2.05, 4.69) is 28.8 Å². The molecular weight excluding hydrogens is 272 g/mol. The van der Waals surface area contributed by atoms with E-state index in [-0.39, 0.29) is 5.91 Å². The lowest BCUT2D eigenvalue weighted by Gasteiger charge is -2.16. The lowest BCUT2D eigenvalue weighted by Crippen LogP contribution is -2.25. The average Bonchev–Trinajstić information content (AvgIpc) is 2.85. The van der Waals surface area contributed by atoms with Gasteiger partial charge in [-0.15, -0.1) is 11.3 Å². The number of nitrogens with zero attached hydrogens (tertiary/aromatic N) is 4. The second-order valence-electron chi connectivity index (χ2n) is 5.01. The van der Waals surface area contributed by atoms with E-state index in [1.165, 1.54) is 11.3 Å².